The molecule has 1 N–H and O–H groups in total. The van der Waals surface area contributed by atoms with E-state index < -0.39 is 0 Å². The number of unbranched alkanes of at least 4 members (excludes halogenated alkanes) is 6. The van der Waals surface area contributed by atoms with Gasteiger partial charge >= 0.3 is 0 Å². The van der Waals surface area contributed by atoms with Gasteiger partial charge < -0.3 is 5.32 Å². The Morgan fingerprint density at radius 3 is 2.68 bits per heavy atom. The molecule has 3 rings (SSSR count). The number of nitrogens with zero attached hydrogens (tertiary/aromatic N) is 1. The molecule has 25 heavy (non-hydrogen) atoms. The molecule has 0 atom stereocenters. The number of hydrogen-bond donors (Lipinski definition) is 1. The number of anilines is 1. The largest absolute Gasteiger partial charge is 0.302 e. The number of nitrogens with one attached hydrogen (secondary N) is 1. The fourth-order valence-electron chi connectivity index (χ4n) is 3.43. The van der Waals surface area contributed by atoms with Gasteiger partial charge in [0.05, 0.1) is 5.69 Å². The molecule has 0 spiro atoms. The molecule has 1 aromatic carbocycles. The van der Waals surface area contributed by atoms with Crippen molar-refractivity contribution < 1.29 is 4.79 Å². The third kappa shape index (κ3) is 4.91. The van der Waals surface area contributed by atoms with Crippen molar-refractivity contribution in [2.75, 3.05) is 5.32 Å². The van der Waals surface area contributed by atoms with Crippen molar-refractivity contribution in [3.63, 3.8) is 0 Å². The summed E-state index contributed by atoms with van der Waals surface area (Å²) in [6.07, 6.45) is 11.3. The van der Waals surface area contributed by atoms with Gasteiger partial charge in [0.1, 0.15) is 0 Å². The molecule has 4 heteroatoms. The Morgan fingerprint density at radius 2 is 1.84 bits per heavy atom. The van der Waals surface area contributed by atoms with Crippen LogP contribution in [0.2, 0.25) is 0 Å². The zero-order chi connectivity index (χ0) is 17.5. The Balaban J connectivity index is 1.47. The summed E-state index contributed by atoms with van der Waals surface area (Å²) in [6.45, 7) is 2.24. The van der Waals surface area contributed by atoms with Crippen molar-refractivity contribution in [1.29, 1.82) is 0 Å². The number of amides is 1. The van der Waals surface area contributed by atoms with Gasteiger partial charge in [-0.2, -0.15) is 0 Å². The molecule has 134 valence electrons. The molecule has 0 unspecified atom stereocenters. The van der Waals surface area contributed by atoms with Crippen molar-refractivity contribution in [3.8, 4) is 11.3 Å². The first-order valence-corrected chi connectivity index (χ1v) is 10.5. The van der Waals surface area contributed by atoms with E-state index in [9.17, 15) is 4.79 Å². The van der Waals surface area contributed by atoms with Crippen LogP contribution in [0.25, 0.3) is 11.3 Å². The summed E-state index contributed by atoms with van der Waals surface area (Å²) in [5, 5.41) is 3.77. The van der Waals surface area contributed by atoms with Crippen LogP contribution in [0.5, 0.6) is 0 Å². The third-order valence-electron chi connectivity index (χ3n) is 4.84. The average Bonchev–Trinajstić information content (AvgIpc) is 3.04. The van der Waals surface area contributed by atoms with E-state index in [0.717, 1.165) is 36.5 Å². The second-order valence-electron chi connectivity index (χ2n) is 6.87. The maximum atomic E-state index is 12.2. The molecular formula is C21H28N2OS. The minimum atomic E-state index is 0.105. The van der Waals surface area contributed by atoms with Gasteiger partial charge in [-0.15, -0.1) is 11.3 Å². The average molecular weight is 357 g/mol. The van der Waals surface area contributed by atoms with Crippen molar-refractivity contribution in [2.24, 2.45) is 0 Å². The molecular weight excluding hydrogens is 328 g/mol. The lowest BCUT2D eigenvalue weighted by molar-refractivity contribution is -0.116. The molecule has 0 aliphatic heterocycles. The maximum absolute atomic E-state index is 12.2. The molecule has 3 nitrogen and oxygen atoms in total. The highest BCUT2D eigenvalue weighted by Crippen LogP contribution is 2.37. The summed E-state index contributed by atoms with van der Waals surface area (Å²) in [5.74, 6) is 0.105. The molecule has 2 aromatic rings. The molecule has 0 bridgehead atoms. The molecule has 0 saturated carbocycles. The SMILES string of the molecule is CCCCCCCCCC(=O)Nc1nc2c(s1)CCc1ccccc1-2. The first kappa shape index (κ1) is 18.1. The standard InChI is InChI=1S/C21H28N2OS/c1-2-3-4-5-6-7-8-13-19(24)22-21-23-20-17-12-10-9-11-16(17)14-15-18(20)25-21/h9-12H,2-8,13-15H2,1H3,(H,22,23,24). The van der Waals surface area contributed by atoms with Crippen LogP contribution in [0.1, 0.15) is 68.7 Å². The van der Waals surface area contributed by atoms with Crippen LogP contribution >= 0.6 is 11.3 Å². The third-order valence-corrected chi connectivity index (χ3v) is 5.88. The number of carbonyl (C=O) groups excluding carboxylic acids is 1. The van der Waals surface area contributed by atoms with E-state index in [4.69, 9.17) is 4.98 Å². The van der Waals surface area contributed by atoms with Crippen molar-refractivity contribution in [2.45, 2.75) is 71.1 Å². The summed E-state index contributed by atoms with van der Waals surface area (Å²) < 4.78 is 0. The van der Waals surface area contributed by atoms with E-state index in [-0.39, 0.29) is 5.91 Å². The highest BCUT2D eigenvalue weighted by molar-refractivity contribution is 7.16. The number of rotatable bonds is 9. The van der Waals surface area contributed by atoms with Crippen LogP contribution in [-0.4, -0.2) is 10.9 Å². The van der Waals surface area contributed by atoms with Crippen LogP contribution < -0.4 is 5.32 Å². The molecule has 1 aliphatic carbocycles. The van der Waals surface area contributed by atoms with E-state index >= 15 is 0 Å². The zero-order valence-corrected chi connectivity index (χ0v) is 16.0. The van der Waals surface area contributed by atoms with E-state index in [1.807, 2.05) is 0 Å². The number of carbonyl (C=O) groups is 1. The predicted molar refractivity (Wildman–Crippen MR) is 106 cm³/mol. The zero-order valence-electron chi connectivity index (χ0n) is 15.1. The molecule has 0 saturated heterocycles. The summed E-state index contributed by atoms with van der Waals surface area (Å²) in [5.41, 5.74) is 3.66. The van der Waals surface area contributed by atoms with Gasteiger partial charge in [-0.25, -0.2) is 4.98 Å². The first-order chi connectivity index (χ1) is 12.3. The Hall–Kier alpha value is -1.68. The van der Waals surface area contributed by atoms with E-state index in [2.05, 4.69) is 36.5 Å². The van der Waals surface area contributed by atoms with Gasteiger partial charge in [0.2, 0.25) is 5.91 Å². The highest BCUT2D eigenvalue weighted by Gasteiger charge is 2.20. The number of thiazole rings is 1. The minimum Gasteiger partial charge on any atom is -0.302 e. The van der Waals surface area contributed by atoms with Crippen LogP contribution in [0, 0.1) is 0 Å². The maximum Gasteiger partial charge on any atom is 0.226 e. The number of hydrogen-bond acceptors (Lipinski definition) is 3. The van der Waals surface area contributed by atoms with Gasteiger partial charge in [0, 0.05) is 16.9 Å². The van der Waals surface area contributed by atoms with E-state index in [1.165, 1.54) is 48.1 Å². The molecule has 1 aliphatic rings. The van der Waals surface area contributed by atoms with Gasteiger partial charge in [0.25, 0.3) is 0 Å². The fourth-order valence-corrected chi connectivity index (χ4v) is 4.42. The van der Waals surface area contributed by atoms with Gasteiger partial charge in [-0.3, -0.25) is 4.79 Å². The second-order valence-corrected chi connectivity index (χ2v) is 7.95. The minimum absolute atomic E-state index is 0.105. The lowest BCUT2D eigenvalue weighted by atomic mass is 9.94. The van der Waals surface area contributed by atoms with Crippen molar-refractivity contribution in [1.82, 2.24) is 4.98 Å². The van der Waals surface area contributed by atoms with Crippen molar-refractivity contribution in [3.05, 3.63) is 34.7 Å². The Bertz CT molecular complexity index is 708. The lowest BCUT2D eigenvalue weighted by Crippen LogP contribution is -2.10. The number of aromatic nitrogens is 1. The fraction of sp³-hybridized carbons (Fsp3) is 0.524. The predicted octanol–water partition coefficient (Wildman–Crippen LogP) is 5.99. The van der Waals surface area contributed by atoms with E-state index in [0.29, 0.717) is 6.42 Å². The van der Waals surface area contributed by atoms with Crippen LogP contribution in [0.15, 0.2) is 24.3 Å². The number of aryl methyl sites for hydroxylation is 2. The topological polar surface area (TPSA) is 42.0 Å². The van der Waals surface area contributed by atoms with Gasteiger partial charge in [-0.05, 0) is 24.8 Å². The van der Waals surface area contributed by atoms with Gasteiger partial charge in [-0.1, -0.05) is 69.7 Å². The number of fused-ring (bicyclic) bond motifs is 3. The highest BCUT2D eigenvalue weighted by atomic mass is 32.1. The lowest BCUT2D eigenvalue weighted by Gasteiger charge is -2.13. The van der Waals surface area contributed by atoms with Gasteiger partial charge in [0.15, 0.2) is 5.13 Å². The Labute approximate surface area is 154 Å². The van der Waals surface area contributed by atoms with Crippen LogP contribution in [0.4, 0.5) is 5.13 Å². The molecule has 1 heterocycles. The van der Waals surface area contributed by atoms with Crippen LogP contribution in [0.3, 0.4) is 0 Å². The van der Waals surface area contributed by atoms with Crippen LogP contribution in [-0.2, 0) is 17.6 Å². The quantitative estimate of drug-likeness (QED) is 0.561. The van der Waals surface area contributed by atoms with Crippen molar-refractivity contribution >= 4 is 22.4 Å². The van der Waals surface area contributed by atoms with E-state index in [1.54, 1.807) is 11.3 Å². The molecule has 0 radical (unpaired) electrons. The summed E-state index contributed by atoms with van der Waals surface area (Å²) in [4.78, 5) is 18.2. The second kappa shape index (κ2) is 9.14. The Morgan fingerprint density at radius 1 is 1.08 bits per heavy atom. The number of benzene rings is 1. The normalized spacial score (nSPS) is 12.5. The first-order valence-electron chi connectivity index (χ1n) is 9.65. The summed E-state index contributed by atoms with van der Waals surface area (Å²) in [7, 11) is 0. The molecule has 1 amide bonds. The molecule has 0 fully saturated rings. The summed E-state index contributed by atoms with van der Waals surface area (Å²) >= 11 is 1.64. The Kier molecular flexibility index (Phi) is 6.62. The monoisotopic (exact) mass is 356 g/mol. The summed E-state index contributed by atoms with van der Waals surface area (Å²) in [6, 6.07) is 8.46. The molecule has 1 aromatic heterocycles. The smallest absolute Gasteiger partial charge is 0.226 e.